The Bertz CT molecular complexity index is 1040. The molecule has 0 bridgehead atoms. The number of carbonyl (C=O) groups is 1. The van der Waals surface area contributed by atoms with Gasteiger partial charge < -0.3 is 10.1 Å². The molecule has 168 valence electrons. The molecule has 0 saturated heterocycles. The first-order valence-corrected chi connectivity index (χ1v) is 10.4. The van der Waals surface area contributed by atoms with Gasteiger partial charge in [0.1, 0.15) is 0 Å². The molecule has 2 heterocycles. The third-order valence-electron chi connectivity index (χ3n) is 5.57. The second kappa shape index (κ2) is 9.52. The summed E-state index contributed by atoms with van der Waals surface area (Å²) >= 11 is 0. The molecular weight excluding hydrogens is 421 g/mol. The summed E-state index contributed by atoms with van der Waals surface area (Å²) in [6.45, 7) is 1.04. The Hall–Kier alpha value is -3.20. The maximum absolute atomic E-state index is 13.2. The average molecular weight is 444 g/mol. The van der Waals surface area contributed by atoms with E-state index in [0.29, 0.717) is 31.6 Å². The van der Waals surface area contributed by atoms with Crippen molar-refractivity contribution in [1.29, 1.82) is 0 Å². The predicted octanol–water partition coefficient (Wildman–Crippen LogP) is 3.93. The molecular formula is C23H23F3N4O2. The van der Waals surface area contributed by atoms with Gasteiger partial charge in [-0.3, -0.25) is 4.79 Å². The number of aryl methyl sites for hydroxylation is 1. The van der Waals surface area contributed by atoms with Crippen molar-refractivity contribution in [2.24, 2.45) is 5.92 Å². The van der Waals surface area contributed by atoms with Crippen molar-refractivity contribution >= 4 is 5.91 Å². The average Bonchev–Trinajstić information content (AvgIpc) is 3.22. The molecule has 1 aromatic heterocycles. The molecule has 4 rings (SSSR count). The van der Waals surface area contributed by atoms with E-state index in [1.54, 1.807) is 10.9 Å². The molecule has 0 fully saturated rings. The van der Waals surface area contributed by atoms with E-state index < -0.39 is 17.7 Å². The quantitative estimate of drug-likeness (QED) is 0.665. The summed E-state index contributed by atoms with van der Waals surface area (Å²) in [5, 5.41) is 11.1. The number of nitrogens with one attached hydrogen (secondary N) is 1. The summed E-state index contributed by atoms with van der Waals surface area (Å²) in [4.78, 5) is 13.2. The SMILES string of the molecule is O=C1N[C@H](c2ccccc2)COCc2cnnn2CC[C@H]1Cc1ccc(C(F)(F)F)cc1. The van der Waals surface area contributed by atoms with Crippen molar-refractivity contribution in [1.82, 2.24) is 20.3 Å². The zero-order valence-electron chi connectivity index (χ0n) is 17.3. The molecule has 9 heteroatoms. The van der Waals surface area contributed by atoms with Crippen molar-refractivity contribution in [2.45, 2.75) is 38.2 Å². The van der Waals surface area contributed by atoms with Gasteiger partial charge >= 0.3 is 6.18 Å². The van der Waals surface area contributed by atoms with Crippen molar-refractivity contribution in [3.63, 3.8) is 0 Å². The number of hydrogen-bond donors (Lipinski definition) is 1. The Kier molecular flexibility index (Phi) is 6.55. The summed E-state index contributed by atoms with van der Waals surface area (Å²) in [5.41, 5.74) is 1.68. The Labute approximate surface area is 183 Å². The first kappa shape index (κ1) is 22.0. The van der Waals surface area contributed by atoms with Crippen LogP contribution in [0.15, 0.2) is 60.8 Å². The fourth-order valence-corrected chi connectivity index (χ4v) is 3.77. The number of nitrogens with zero attached hydrogens (tertiary/aromatic N) is 3. The van der Waals surface area contributed by atoms with Crippen LogP contribution in [0.3, 0.4) is 0 Å². The van der Waals surface area contributed by atoms with Crippen LogP contribution < -0.4 is 5.32 Å². The van der Waals surface area contributed by atoms with Gasteiger partial charge in [-0.15, -0.1) is 5.10 Å². The minimum Gasteiger partial charge on any atom is -0.373 e. The fourth-order valence-electron chi connectivity index (χ4n) is 3.77. The van der Waals surface area contributed by atoms with Crippen molar-refractivity contribution in [2.75, 3.05) is 6.61 Å². The molecule has 1 aliphatic rings. The van der Waals surface area contributed by atoms with Gasteiger partial charge in [-0.25, -0.2) is 4.68 Å². The molecule has 6 nitrogen and oxygen atoms in total. The minimum absolute atomic E-state index is 0.175. The maximum Gasteiger partial charge on any atom is 0.416 e. The normalized spacial score (nSPS) is 20.2. The number of aromatic nitrogens is 3. The number of benzene rings is 2. The van der Waals surface area contributed by atoms with E-state index in [9.17, 15) is 18.0 Å². The van der Waals surface area contributed by atoms with Crippen LogP contribution in [0.1, 0.15) is 34.8 Å². The third kappa shape index (κ3) is 5.34. The Morgan fingerprint density at radius 3 is 2.56 bits per heavy atom. The van der Waals surface area contributed by atoms with Gasteiger partial charge in [0.05, 0.1) is 36.7 Å². The van der Waals surface area contributed by atoms with Gasteiger partial charge in [0, 0.05) is 12.5 Å². The van der Waals surface area contributed by atoms with Crippen molar-refractivity contribution in [3.8, 4) is 0 Å². The molecule has 0 radical (unpaired) electrons. The Morgan fingerprint density at radius 2 is 1.84 bits per heavy atom. The van der Waals surface area contributed by atoms with Crippen LogP contribution in [0, 0.1) is 5.92 Å². The zero-order chi connectivity index (χ0) is 22.6. The minimum atomic E-state index is -4.39. The molecule has 0 unspecified atom stereocenters. The van der Waals surface area contributed by atoms with Crippen LogP contribution in [0.5, 0.6) is 0 Å². The lowest BCUT2D eigenvalue weighted by molar-refractivity contribution is -0.137. The molecule has 1 amide bonds. The Morgan fingerprint density at radius 1 is 1.09 bits per heavy atom. The molecule has 0 aliphatic carbocycles. The highest BCUT2D eigenvalue weighted by molar-refractivity contribution is 5.79. The van der Waals surface area contributed by atoms with Crippen LogP contribution in [0.4, 0.5) is 13.2 Å². The first-order valence-electron chi connectivity index (χ1n) is 10.4. The smallest absolute Gasteiger partial charge is 0.373 e. The third-order valence-corrected chi connectivity index (χ3v) is 5.57. The number of amides is 1. The molecule has 3 aromatic rings. The lowest BCUT2D eigenvalue weighted by atomic mass is 9.94. The molecule has 0 saturated carbocycles. The van der Waals surface area contributed by atoms with E-state index in [4.69, 9.17) is 4.74 Å². The van der Waals surface area contributed by atoms with Crippen LogP contribution in [-0.2, 0) is 35.3 Å². The van der Waals surface area contributed by atoms with Crippen molar-refractivity contribution in [3.05, 3.63) is 83.2 Å². The zero-order valence-corrected chi connectivity index (χ0v) is 17.3. The molecule has 2 atom stereocenters. The summed E-state index contributed by atoms with van der Waals surface area (Å²) < 4.78 is 46.2. The number of carbonyl (C=O) groups excluding carboxylic acids is 1. The lowest BCUT2D eigenvalue weighted by Crippen LogP contribution is -2.37. The second-order valence-electron chi connectivity index (χ2n) is 7.82. The predicted molar refractivity (Wildman–Crippen MR) is 110 cm³/mol. The summed E-state index contributed by atoms with van der Waals surface area (Å²) in [6.07, 6.45) is -1.98. The number of rotatable bonds is 3. The number of ether oxygens (including phenoxy) is 1. The fraction of sp³-hybridized carbons (Fsp3) is 0.348. The largest absolute Gasteiger partial charge is 0.416 e. The second-order valence-corrected chi connectivity index (χ2v) is 7.82. The highest BCUT2D eigenvalue weighted by Crippen LogP contribution is 2.29. The monoisotopic (exact) mass is 444 g/mol. The molecule has 1 N–H and O–H groups in total. The highest BCUT2D eigenvalue weighted by atomic mass is 19.4. The van der Waals surface area contributed by atoms with Gasteiger partial charge in [-0.1, -0.05) is 47.7 Å². The number of fused-ring (bicyclic) bond motifs is 1. The van der Waals surface area contributed by atoms with Gasteiger partial charge in [-0.05, 0) is 36.1 Å². The lowest BCUT2D eigenvalue weighted by Gasteiger charge is -2.23. The molecule has 32 heavy (non-hydrogen) atoms. The van der Waals surface area contributed by atoms with E-state index >= 15 is 0 Å². The summed E-state index contributed by atoms with van der Waals surface area (Å²) in [6, 6.07) is 14.1. The summed E-state index contributed by atoms with van der Waals surface area (Å²) in [7, 11) is 0. The van der Waals surface area contributed by atoms with Crippen LogP contribution in [0.25, 0.3) is 0 Å². The number of halogens is 3. The standard InChI is InChI=1S/C23H23F3N4O2/c24-23(25,26)19-8-6-16(7-9-19)12-18-10-11-30-20(13-27-29-30)14-32-15-21(28-22(18)31)17-4-2-1-3-5-17/h1-9,13,18,21H,10-12,14-15H2,(H,28,31)/t18-,21-/m0/s1. The van der Waals surface area contributed by atoms with Gasteiger partial charge in [0.2, 0.25) is 5.91 Å². The van der Waals surface area contributed by atoms with Gasteiger partial charge in [0.25, 0.3) is 0 Å². The van der Waals surface area contributed by atoms with E-state index in [1.165, 1.54) is 12.1 Å². The van der Waals surface area contributed by atoms with Crippen LogP contribution >= 0.6 is 0 Å². The topological polar surface area (TPSA) is 69.0 Å². The van der Waals surface area contributed by atoms with Crippen LogP contribution in [-0.4, -0.2) is 27.5 Å². The van der Waals surface area contributed by atoms with Gasteiger partial charge in [0.15, 0.2) is 0 Å². The van der Waals surface area contributed by atoms with Crippen molar-refractivity contribution < 1.29 is 22.7 Å². The van der Waals surface area contributed by atoms with E-state index in [1.807, 2.05) is 30.3 Å². The van der Waals surface area contributed by atoms with Crippen LogP contribution in [0.2, 0.25) is 0 Å². The number of alkyl halides is 3. The highest BCUT2D eigenvalue weighted by Gasteiger charge is 2.30. The Balaban J connectivity index is 1.57. The molecule has 2 aromatic carbocycles. The first-order chi connectivity index (χ1) is 15.4. The van der Waals surface area contributed by atoms with Gasteiger partial charge in [-0.2, -0.15) is 13.2 Å². The summed E-state index contributed by atoms with van der Waals surface area (Å²) in [5.74, 6) is -0.626. The molecule has 1 aliphatic heterocycles. The van der Waals surface area contributed by atoms with E-state index in [0.717, 1.165) is 23.4 Å². The van der Waals surface area contributed by atoms with E-state index in [-0.39, 0.29) is 18.6 Å². The van der Waals surface area contributed by atoms with E-state index in [2.05, 4.69) is 15.6 Å². The maximum atomic E-state index is 13.2. The number of hydrogen-bond acceptors (Lipinski definition) is 4. The molecule has 0 spiro atoms.